The number of amides is 1. The Hall–Kier alpha value is -2.36. The summed E-state index contributed by atoms with van der Waals surface area (Å²) in [6.07, 6.45) is 4.20. The molecule has 1 heterocycles. The Kier molecular flexibility index (Phi) is 3.37. The van der Waals surface area contributed by atoms with Crippen LogP contribution in [0.1, 0.15) is 17.9 Å². The summed E-state index contributed by atoms with van der Waals surface area (Å²) in [5.74, 6) is 1.18. The smallest absolute Gasteiger partial charge is 0.228 e. The maximum atomic E-state index is 12.2. The van der Waals surface area contributed by atoms with Crippen LogP contribution in [0.15, 0.2) is 48.8 Å². The van der Waals surface area contributed by atoms with Crippen LogP contribution in [0.3, 0.4) is 0 Å². The van der Waals surface area contributed by atoms with Gasteiger partial charge in [0.25, 0.3) is 0 Å². The molecule has 0 radical (unpaired) electrons. The van der Waals surface area contributed by atoms with Gasteiger partial charge in [-0.05, 0) is 36.1 Å². The molecule has 1 aromatic carbocycles. The van der Waals surface area contributed by atoms with E-state index in [0.29, 0.717) is 0 Å². The highest BCUT2D eigenvalue weighted by Crippen LogP contribution is 2.50. The fraction of sp³-hybridized carbons (Fsp3) is 0.250. The van der Waals surface area contributed by atoms with E-state index in [1.807, 2.05) is 30.3 Å². The standard InChI is InChI=1S/C16H16N2O2/c1-20-15-7-3-2-6-12(15)13-9-14(13)16(19)18-11-5-4-8-17-10-11/h2-8,10,13-14H,9H2,1H3,(H,18,19). The summed E-state index contributed by atoms with van der Waals surface area (Å²) in [6, 6.07) is 11.5. The van der Waals surface area contributed by atoms with Crippen LogP contribution in [0.4, 0.5) is 5.69 Å². The number of hydrogen-bond acceptors (Lipinski definition) is 3. The molecule has 2 atom stereocenters. The fourth-order valence-electron chi connectivity index (χ4n) is 2.47. The molecule has 4 nitrogen and oxygen atoms in total. The van der Waals surface area contributed by atoms with Gasteiger partial charge in [-0.1, -0.05) is 18.2 Å². The second-order valence-corrected chi connectivity index (χ2v) is 4.92. The third kappa shape index (κ3) is 2.50. The van der Waals surface area contributed by atoms with Crippen LogP contribution in [-0.2, 0) is 4.79 Å². The van der Waals surface area contributed by atoms with Crippen molar-refractivity contribution in [1.82, 2.24) is 4.98 Å². The lowest BCUT2D eigenvalue weighted by Crippen LogP contribution is -2.14. The van der Waals surface area contributed by atoms with Gasteiger partial charge in [0.15, 0.2) is 0 Å². The maximum absolute atomic E-state index is 12.2. The molecule has 1 amide bonds. The third-order valence-corrected chi connectivity index (χ3v) is 3.59. The first-order chi connectivity index (χ1) is 9.79. The quantitative estimate of drug-likeness (QED) is 0.927. The number of anilines is 1. The number of nitrogens with one attached hydrogen (secondary N) is 1. The maximum Gasteiger partial charge on any atom is 0.228 e. The number of para-hydroxylation sites is 1. The highest BCUT2D eigenvalue weighted by atomic mass is 16.5. The lowest BCUT2D eigenvalue weighted by atomic mass is 10.1. The van der Waals surface area contributed by atoms with E-state index in [2.05, 4.69) is 10.3 Å². The molecule has 1 aliphatic rings. The number of hydrogen-bond donors (Lipinski definition) is 1. The molecule has 0 spiro atoms. The molecule has 1 fully saturated rings. The Labute approximate surface area is 117 Å². The number of carbonyl (C=O) groups is 1. The summed E-state index contributed by atoms with van der Waals surface area (Å²) in [4.78, 5) is 16.2. The van der Waals surface area contributed by atoms with Crippen LogP contribution in [0, 0.1) is 5.92 Å². The summed E-state index contributed by atoms with van der Waals surface area (Å²) in [5.41, 5.74) is 1.85. The number of nitrogens with zero attached hydrogens (tertiary/aromatic N) is 1. The number of methoxy groups -OCH3 is 1. The highest BCUT2D eigenvalue weighted by Gasteiger charge is 2.45. The van der Waals surface area contributed by atoms with Crippen molar-refractivity contribution in [2.45, 2.75) is 12.3 Å². The van der Waals surface area contributed by atoms with Gasteiger partial charge in [0.05, 0.1) is 19.0 Å². The molecule has 1 aromatic heterocycles. The number of pyridine rings is 1. The normalized spacial score (nSPS) is 20.2. The Morgan fingerprint density at radius 2 is 2.15 bits per heavy atom. The van der Waals surface area contributed by atoms with Gasteiger partial charge in [-0.3, -0.25) is 9.78 Å². The van der Waals surface area contributed by atoms with Gasteiger partial charge in [-0.25, -0.2) is 0 Å². The number of aromatic nitrogens is 1. The summed E-state index contributed by atoms with van der Waals surface area (Å²) in [7, 11) is 1.66. The molecule has 0 bridgehead atoms. The molecule has 2 aromatic rings. The topological polar surface area (TPSA) is 51.2 Å². The fourth-order valence-corrected chi connectivity index (χ4v) is 2.47. The van der Waals surface area contributed by atoms with Gasteiger partial charge in [0, 0.05) is 12.1 Å². The average molecular weight is 268 g/mol. The second-order valence-electron chi connectivity index (χ2n) is 4.92. The van der Waals surface area contributed by atoms with E-state index in [-0.39, 0.29) is 17.7 Å². The predicted octanol–water partition coefficient (Wildman–Crippen LogP) is 2.83. The summed E-state index contributed by atoms with van der Waals surface area (Å²) in [6.45, 7) is 0. The molecule has 1 saturated carbocycles. The molecule has 20 heavy (non-hydrogen) atoms. The Morgan fingerprint density at radius 3 is 2.90 bits per heavy atom. The Balaban J connectivity index is 1.68. The van der Waals surface area contributed by atoms with E-state index in [9.17, 15) is 4.79 Å². The SMILES string of the molecule is COc1ccccc1C1CC1C(=O)Nc1cccnc1. The van der Waals surface area contributed by atoms with E-state index >= 15 is 0 Å². The minimum absolute atomic E-state index is 0.0199. The van der Waals surface area contributed by atoms with Crippen molar-refractivity contribution in [1.29, 1.82) is 0 Å². The largest absolute Gasteiger partial charge is 0.496 e. The number of benzene rings is 1. The zero-order chi connectivity index (χ0) is 13.9. The number of ether oxygens (including phenoxy) is 1. The van der Waals surface area contributed by atoms with Crippen molar-refractivity contribution in [3.8, 4) is 5.75 Å². The summed E-state index contributed by atoms with van der Waals surface area (Å²) in [5, 5.41) is 2.90. The van der Waals surface area contributed by atoms with Gasteiger partial charge in [-0.2, -0.15) is 0 Å². The van der Waals surface area contributed by atoms with Crippen molar-refractivity contribution in [3.63, 3.8) is 0 Å². The summed E-state index contributed by atoms with van der Waals surface area (Å²) >= 11 is 0. The molecule has 102 valence electrons. The van der Waals surface area contributed by atoms with Crippen molar-refractivity contribution in [2.24, 2.45) is 5.92 Å². The first kappa shape index (κ1) is 12.7. The molecule has 1 N–H and O–H groups in total. The van der Waals surface area contributed by atoms with E-state index in [1.165, 1.54) is 0 Å². The lowest BCUT2D eigenvalue weighted by Gasteiger charge is -2.08. The van der Waals surface area contributed by atoms with Crippen LogP contribution in [0.25, 0.3) is 0 Å². The third-order valence-electron chi connectivity index (χ3n) is 3.59. The van der Waals surface area contributed by atoms with Gasteiger partial charge in [0.1, 0.15) is 5.75 Å². The van der Waals surface area contributed by atoms with Crippen LogP contribution in [0.2, 0.25) is 0 Å². The monoisotopic (exact) mass is 268 g/mol. The first-order valence-corrected chi connectivity index (χ1v) is 6.63. The summed E-state index contributed by atoms with van der Waals surface area (Å²) < 4.78 is 5.35. The average Bonchev–Trinajstić information content (AvgIpc) is 3.28. The Morgan fingerprint density at radius 1 is 1.30 bits per heavy atom. The number of carbonyl (C=O) groups excluding carboxylic acids is 1. The van der Waals surface area contributed by atoms with Gasteiger partial charge >= 0.3 is 0 Å². The first-order valence-electron chi connectivity index (χ1n) is 6.63. The van der Waals surface area contributed by atoms with Crippen molar-refractivity contribution >= 4 is 11.6 Å². The molecule has 0 aliphatic heterocycles. The van der Waals surface area contributed by atoms with E-state index in [1.54, 1.807) is 25.6 Å². The van der Waals surface area contributed by atoms with E-state index in [0.717, 1.165) is 23.4 Å². The van der Waals surface area contributed by atoms with Crippen molar-refractivity contribution in [3.05, 3.63) is 54.4 Å². The van der Waals surface area contributed by atoms with E-state index < -0.39 is 0 Å². The molecule has 2 unspecified atom stereocenters. The molecule has 3 rings (SSSR count). The lowest BCUT2D eigenvalue weighted by molar-refractivity contribution is -0.117. The van der Waals surface area contributed by atoms with Crippen LogP contribution < -0.4 is 10.1 Å². The molecule has 1 aliphatic carbocycles. The van der Waals surface area contributed by atoms with E-state index in [4.69, 9.17) is 4.74 Å². The van der Waals surface area contributed by atoms with Gasteiger partial charge in [-0.15, -0.1) is 0 Å². The van der Waals surface area contributed by atoms with Crippen LogP contribution in [0.5, 0.6) is 5.75 Å². The highest BCUT2D eigenvalue weighted by molar-refractivity contribution is 5.95. The van der Waals surface area contributed by atoms with Crippen molar-refractivity contribution < 1.29 is 9.53 Å². The minimum atomic E-state index is 0.0199. The second kappa shape index (κ2) is 5.33. The number of rotatable bonds is 4. The predicted molar refractivity (Wildman–Crippen MR) is 76.7 cm³/mol. The van der Waals surface area contributed by atoms with Crippen LogP contribution >= 0.6 is 0 Å². The van der Waals surface area contributed by atoms with Crippen LogP contribution in [-0.4, -0.2) is 18.0 Å². The van der Waals surface area contributed by atoms with Crippen molar-refractivity contribution in [2.75, 3.05) is 12.4 Å². The molecule has 0 saturated heterocycles. The molecule has 4 heteroatoms. The zero-order valence-electron chi connectivity index (χ0n) is 11.2. The van der Waals surface area contributed by atoms with Gasteiger partial charge < -0.3 is 10.1 Å². The Bertz CT molecular complexity index is 613. The van der Waals surface area contributed by atoms with Gasteiger partial charge in [0.2, 0.25) is 5.91 Å². The molecular weight excluding hydrogens is 252 g/mol. The zero-order valence-corrected chi connectivity index (χ0v) is 11.2. The molecular formula is C16H16N2O2. The minimum Gasteiger partial charge on any atom is -0.496 e.